The Morgan fingerprint density at radius 3 is 2.29 bits per heavy atom. The maximum absolute atomic E-state index is 5.78. The fourth-order valence-electron chi connectivity index (χ4n) is 2.10. The fraction of sp³-hybridized carbons (Fsp3) is 0.150. The van der Waals surface area contributed by atoms with Crippen LogP contribution in [0.25, 0.3) is 0 Å². The highest BCUT2D eigenvalue weighted by atomic mass is 32.2. The van der Waals surface area contributed by atoms with Crippen molar-refractivity contribution in [2.24, 2.45) is 0 Å². The third kappa shape index (κ3) is 5.03. The molecule has 0 aliphatic heterocycles. The molecule has 1 aromatic heterocycles. The normalized spacial score (nSPS) is 11.7. The largest absolute Gasteiger partial charge is 0.490 e. The summed E-state index contributed by atoms with van der Waals surface area (Å²) in [6.07, 6.45) is 1.64. The Balaban J connectivity index is 1.49. The van der Waals surface area contributed by atoms with E-state index >= 15 is 0 Å². The SMILES string of the molecule is CC(COc1ccc(Sc2ccccc2)cc1)Oc1ccccn1. The van der Waals surface area contributed by atoms with Crippen molar-refractivity contribution in [3.05, 3.63) is 79.0 Å². The molecule has 0 radical (unpaired) electrons. The number of hydrogen-bond donors (Lipinski definition) is 0. The van der Waals surface area contributed by atoms with Crippen LogP contribution in [0.5, 0.6) is 11.6 Å². The molecule has 0 aliphatic carbocycles. The van der Waals surface area contributed by atoms with Gasteiger partial charge in [-0.2, -0.15) is 0 Å². The molecular weight excluding hydrogens is 318 g/mol. The van der Waals surface area contributed by atoms with Gasteiger partial charge in [-0.25, -0.2) is 4.98 Å². The van der Waals surface area contributed by atoms with E-state index < -0.39 is 0 Å². The molecule has 0 saturated carbocycles. The third-order valence-electron chi connectivity index (χ3n) is 3.25. The standard InChI is InChI=1S/C20H19NO2S/c1-16(23-20-9-5-6-14-21-20)15-22-17-10-12-19(13-11-17)24-18-7-3-2-4-8-18/h2-14,16H,15H2,1H3. The van der Waals surface area contributed by atoms with Crippen molar-refractivity contribution in [1.29, 1.82) is 0 Å². The van der Waals surface area contributed by atoms with Gasteiger partial charge in [-0.05, 0) is 49.4 Å². The van der Waals surface area contributed by atoms with Gasteiger partial charge in [-0.1, -0.05) is 36.0 Å². The number of pyridine rings is 1. The van der Waals surface area contributed by atoms with E-state index in [9.17, 15) is 0 Å². The summed E-state index contributed by atoms with van der Waals surface area (Å²) < 4.78 is 11.5. The van der Waals surface area contributed by atoms with Crippen LogP contribution in [0.2, 0.25) is 0 Å². The molecule has 0 bridgehead atoms. The zero-order chi connectivity index (χ0) is 16.6. The Bertz CT molecular complexity index is 733. The first kappa shape index (κ1) is 16.4. The van der Waals surface area contributed by atoms with Crippen LogP contribution in [0, 0.1) is 0 Å². The second-order valence-corrected chi connectivity index (χ2v) is 6.44. The molecule has 0 N–H and O–H groups in total. The van der Waals surface area contributed by atoms with Crippen LogP contribution in [-0.2, 0) is 0 Å². The molecule has 3 nitrogen and oxygen atoms in total. The van der Waals surface area contributed by atoms with E-state index in [0.29, 0.717) is 12.5 Å². The van der Waals surface area contributed by atoms with Crippen LogP contribution in [-0.4, -0.2) is 17.7 Å². The smallest absolute Gasteiger partial charge is 0.213 e. The molecule has 0 aliphatic rings. The Morgan fingerprint density at radius 2 is 1.58 bits per heavy atom. The summed E-state index contributed by atoms with van der Waals surface area (Å²) in [6.45, 7) is 2.44. The average molecular weight is 337 g/mol. The lowest BCUT2D eigenvalue weighted by Crippen LogP contribution is -2.21. The highest BCUT2D eigenvalue weighted by Crippen LogP contribution is 2.28. The van der Waals surface area contributed by atoms with E-state index in [2.05, 4.69) is 29.2 Å². The van der Waals surface area contributed by atoms with Crippen LogP contribution in [0.1, 0.15) is 6.92 Å². The topological polar surface area (TPSA) is 31.4 Å². The quantitative estimate of drug-likeness (QED) is 0.602. The Hall–Kier alpha value is -2.46. The maximum atomic E-state index is 5.78. The van der Waals surface area contributed by atoms with Gasteiger partial charge in [-0.15, -0.1) is 0 Å². The number of aromatic nitrogens is 1. The Morgan fingerprint density at radius 1 is 0.875 bits per heavy atom. The molecule has 4 heteroatoms. The maximum Gasteiger partial charge on any atom is 0.213 e. The molecule has 1 heterocycles. The van der Waals surface area contributed by atoms with Gasteiger partial charge >= 0.3 is 0 Å². The molecule has 1 atom stereocenters. The summed E-state index contributed by atoms with van der Waals surface area (Å²) in [7, 11) is 0. The molecule has 3 aromatic rings. The van der Waals surface area contributed by atoms with Crippen molar-refractivity contribution >= 4 is 11.8 Å². The molecule has 24 heavy (non-hydrogen) atoms. The molecule has 2 aromatic carbocycles. The molecule has 0 fully saturated rings. The van der Waals surface area contributed by atoms with E-state index in [-0.39, 0.29) is 6.10 Å². The molecule has 3 rings (SSSR count). The summed E-state index contributed by atoms with van der Waals surface area (Å²) in [6, 6.07) is 24.0. The van der Waals surface area contributed by atoms with Crippen molar-refractivity contribution in [3.8, 4) is 11.6 Å². The number of hydrogen-bond acceptors (Lipinski definition) is 4. The van der Waals surface area contributed by atoms with Crippen molar-refractivity contribution < 1.29 is 9.47 Å². The summed E-state index contributed by atoms with van der Waals surface area (Å²) in [4.78, 5) is 6.56. The minimum Gasteiger partial charge on any atom is -0.490 e. The van der Waals surface area contributed by atoms with E-state index in [4.69, 9.17) is 9.47 Å². The van der Waals surface area contributed by atoms with E-state index in [0.717, 1.165) is 5.75 Å². The van der Waals surface area contributed by atoms with E-state index in [1.54, 1.807) is 18.0 Å². The van der Waals surface area contributed by atoms with Gasteiger partial charge < -0.3 is 9.47 Å². The molecule has 0 amide bonds. The molecular formula is C20H19NO2S. The zero-order valence-corrected chi connectivity index (χ0v) is 14.3. The zero-order valence-electron chi connectivity index (χ0n) is 13.5. The summed E-state index contributed by atoms with van der Waals surface area (Å²) >= 11 is 1.73. The van der Waals surface area contributed by atoms with Gasteiger partial charge in [-0.3, -0.25) is 0 Å². The van der Waals surface area contributed by atoms with Gasteiger partial charge in [0, 0.05) is 22.1 Å². The lowest BCUT2D eigenvalue weighted by molar-refractivity contribution is 0.138. The van der Waals surface area contributed by atoms with Gasteiger partial charge in [0.05, 0.1) is 0 Å². The monoisotopic (exact) mass is 337 g/mol. The first-order valence-corrected chi connectivity index (χ1v) is 8.65. The second kappa shape index (κ2) is 8.41. The first-order chi connectivity index (χ1) is 11.8. The number of rotatable bonds is 7. The van der Waals surface area contributed by atoms with Gasteiger partial charge in [0.25, 0.3) is 0 Å². The Kier molecular flexibility index (Phi) is 5.75. The number of benzene rings is 2. The van der Waals surface area contributed by atoms with Gasteiger partial charge in [0.1, 0.15) is 18.5 Å². The highest BCUT2D eigenvalue weighted by Gasteiger charge is 2.06. The summed E-state index contributed by atoms with van der Waals surface area (Å²) in [5.74, 6) is 1.45. The van der Waals surface area contributed by atoms with Crippen LogP contribution < -0.4 is 9.47 Å². The third-order valence-corrected chi connectivity index (χ3v) is 4.26. The summed E-state index contributed by atoms with van der Waals surface area (Å²) in [5, 5.41) is 0. The lowest BCUT2D eigenvalue weighted by Gasteiger charge is -2.15. The van der Waals surface area contributed by atoms with Crippen molar-refractivity contribution in [1.82, 2.24) is 4.98 Å². The predicted molar refractivity (Wildman–Crippen MR) is 96.8 cm³/mol. The second-order valence-electron chi connectivity index (χ2n) is 5.29. The van der Waals surface area contributed by atoms with Crippen LogP contribution in [0.4, 0.5) is 0 Å². The van der Waals surface area contributed by atoms with Crippen LogP contribution in [0.15, 0.2) is 88.8 Å². The Labute approximate surface area is 146 Å². The predicted octanol–water partition coefficient (Wildman–Crippen LogP) is 5.08. The number of ether oxygens (including phenoxy) is 2. The average Bonchev–Trinajstić information content (AvgIpc) is 2.63. The van der Waals surface area contributed by atoms with E-state index in [1.807, 2.05) is 55.5 Å². The minimum atomic E-state index is -0.0710. The molecule has 0 saturated heterocycles. The van der Waals surface area contributed by atoms with Crippen LogP contribution >= 0.6 is 11.8 Å². The molecule has 122 valence electrons. The minimum absolute atomic E-state index is 0.0710. The van der Waals surface area contributed by atoms with Crippen molar-refractivity contribution in [2.75, 3.05) is 6.61 Å². The van der Waals surface area contributed by atoms with Crippen molar-refractivity contribution in [2.45, 2.75) is 22.8 Å². The summed E-state index contributed by atoms with van der Waals surface area (Å²) in [5.41, 5.74) is 0. The van der Waals surface area contributed by atoms with E-state index in [1.165, 1.54) is 9.79 Å². The molecule has 0 spiro atoms. The lowest BCUT2D eigenvalue weighted by atomic mass is 10.3. The highest BCUT2D eigenvalue weighted by molar-refractivity contribution is 7.99. The van der Waals surface area contributed by atoms with Crippen LogP contribution in [0.3, 0.4) is 0 Å². The molecule has 1 unspecified atom stereocenters. The number of nitrogens with zero attached hydrogens (tertiary/aromatic N) is 1. The van der Waals surface area contributed by atoms with Crippen molar-refractivity contribution in [3.63, 3.8) is 0 Å². The first-order valence-electron chi connectivity index (χ1n) is 7.83. The van der Waals surface area contributed by atoms with Gasteiger partial charge in [0.2, 0.25) is 5.88 Å². The van der Waals surface area contributed by atoms with Gasteiger partial charge in [0.15, 0.2) is 0 Å². The fourth-order valence-corrected chi connectivity index (χ4v) is 2.94.